The van der Waals surface area contributed by atoms with Gasteiger partial charge in [0, 0.05) is 5.92 Å². The van der Waals surface area contributed by atoms with Gasteiger partial charge in [0.25, 0.3) is 0 Å². The molecule has 0 aliphatic heterocycles. The Bertz CT molecular complexity index is 218. The molecule has 0 aromatic rings. The lowest BCUT2D eigenvalue weighted by atomic mass is 9.96. The molecule has 0 rings (SSSR count). The molecule has 2 N–H and O–H groups in total. The zero-order valence-corrected chi connectivity index (χ0v) is 9.12. The Labute approximate surface area is 78.5 Å². The van der Waals surface area contributed by atoms with Crippen molar-refractivity contribution in [2.45, 2.75) is 27.2 Å². The first-order chi connectivity index (χ1) is 5.72. The van der Waals surface area contributed by atoms with Crippen molar-refractivity contribution in [1.82, 2.24) is 0 Å². The van der Waals surface area contributed by atoms with Crippen LogP contribution in [0, 0.1) is 11.8 Å². The van der Waals surface area contributed by atoms with Crippen LogP contribution in [0.15, 0.2) is 0 Å². The van der Waals surface area contributed by atoms with Gasteiger partial charge in [0.2, 0.25) is 0 Å². The van der Waals surface area contributed by atoms with Crippen molar-refractivity contribution < 1.29 is 19.1 Å². The number of rotatable bonds is 5. The minimum Gasteiger partial charge on any atom is -0.324 e. The van der Waals surface area contributed by atoms with E-state index in [-0.39, 0.29) is 11.7 Å². The van der Waals surface area contributed by atoms with Crippen molar-refractivity contribution >= 4 is 13.4 Å². The summed E-state index contributed by atoms with van der Waals surface area (Å²) in [7, 11) is -4.17. The highest BCUT2D eigenvalue weighted by molar-refractivity contribution is 7.52. The van der Waals surface area contributed by atoms with Crippen LogP contribution in [0.4, 0.5) is 0 Å². The van der Waals surface area contributed by atoms with E-state index < -0.39 is 13.8 Å². The van der Waals surface area contributed by atoms with E-state index in [0.717, 1.165) is 0 Å². The summed E-state index contributed by atoms with van der Waals surface area (Å²) in [5.41, 5.74) is 0. The third kappa shape index (κ3) is 6.94. The van der Waals surface area contributed by atoms with E-state index in [1.54, 1.807) is 6.92 Å². The number of ketones is 1. The largest absolute Gasteiger partial charge is 0.332 e. The molecular weight excluding hydrogens is 191 g/mol. The van der Waals surface area contributed by atoms with Crippen molar-refractivity contribution in [2.24, 2.45) is 11.8 Å². The van der Waals surface area contributed by atoms with Gasteiger partial charge in [-0.2, -0.15) is 0 Å². The Balaban J connectivity index is 4.05. The molecule has 0 heterocycles. The van der Waals surface area contributed by atoms with Crippen LogP contribution in [0.25, 0.3) is 0 Å². The molecule has 1 unspecified atom stereocenters. The fraction of sp³-hybridized carbons (Fsp3) is 0.875. The Kier molecular flexibility index (Phi) is 4.82. The Morgan fingerprint density at radius 1 is 1.31 bits per heavy atom. The maximum atomic E-state index is 11.2. The highest BCUT2D eigenvalue weighted by atomic mass is 31.2. The highest BCUT2D eigenvalue weighted by Gasteiger charge is 2.23. The van der Waals surface area contributed by atoms with Gasteiger partial charge < -0.3 is 9.79 Å². The molecule has 0 saturated heterocycles. The summed E-state index contributed by atoms with van der Waals surface area (Å²) >= 11 is 0. The average Bonchev–Trinajstić information content (AvgIpc) is 1.81. The van der Waals surface area contributed by atoms with Crippen LogP contribution < -0.4 is 0 Å². The summed E-state index contributed by atoms with van der Waals surface area (Å²) in [5, 5.41) is 0. The third-order valence-corrected chi connectivity index (χ3v) is 2.46. The smallest absolute Gasteiger partial charge is 0.324 e. The molecule has 78 valence electrons. The van der Waals surface area contributed by atoms with Crippen LogP contribution >= 0.6 is 7.60 Å². The van der Waals surface area contributed by atoms with Crippen molar-refractivity contribution in [3.63, 3.8) is 0 Å². The minimum atomic E-state index is -4.17. The third-order valence-electron chi connectivity index (χ3n) is 1.74. The molecule has 0 aliphatic carbocycles. The molecular formula is C8H17O4P. The van der Waals surface area contributed by atoms with Gasteiger partial charge in [-0.25, -0.2) is 0 Å². The Morgan fingerprint density at radius 2 is 1.77 bits per heavy atom. The standard InChI is InChI=1S/C8H17O4P/c1-6(2)4-7(3)8(9)5-13(10,11)12/h6-7H,4-5H2,1-3H3,(H2,10,11,12). The maximum absolute atomic E-state index is 11.2. The van der Waals surface area contributed by atoms with Crippen molar-refractivity contribution in [3.05, 3.63) is 0 Å². The van der Waals surface area contributed by atoms with Crippen LogP contribution in [0.2, 0.25) is 0 Å². The summed E-state index contributed by atoms with van der Waals surface area (Å²) in [5.74, 6) is -0.231. The van der Waals surface area contributed by atoms with Crippen LogP contribution in [-0.4, -0.2) is 21.7 Å². The van der Waals surface area contributed by atoms with E-state index in [9.17, 15) is 9.36 Å². The number of Topliss-reactive ketones (excluding diaryl/α,β-unsaturated/α-hetero) is 1. The molecule has 0 bridgehead atoms. The Morgan fingerprint density at radius 3 is 2.08 bits per heavy atom. The van der Waals surface area contributed by atoms with E-state index in [0.29, 0.717) is 12.3 Å². The lowest BCUT2D eigenvalue weighted by Crippen LogP contribution is -2.17. The van der Waals surface area contributed by atoms with E-state index in [2.05, 4.69) is 0 Å². The molecule has 0 aliphatic rings. The monoisotopic (exact) mass is 208 g/mol. The zero-order valence-electron chi connectivity index (χ0n) is 8.23. The number of hydrogen-bond donors (Lipinski definition) is 2. The van der Waals surface area contributed by atoms with Crippen molar-refractivity contribution in [1.29, 1.82) is 0 Å². The van der Waals surface area contributed by atoms with Gasteiger partial charge in [0.1, 0.15) is 11.9 Å². The highest BCUT2D eigenvalue weighted by Crippen LogP contribution is 2.35. The van der Waals surface area contributed by atoms with Gasteiger partial charge in [-0.3, -0.25) is 9.36 Å². The van der Waals surface area contributed by atoms with Gasteiger partial charge in [-0.15, -0.1) is 0 Å². The normalized spacial score (nSPS) is 14.6. The second kappa shape index (κ2) is 4.89. The van der Waals surface area contributed by atoms with E-state index in [1.807, 2.05) is 13.8 Å². The van der Waals surface area contributed by atoms with E-state index >= 15 is 0 Å². The number of carbonyl (C=O) groups excluding carboxylic acids is 1. The Hall–Kier alpha value is -0.180. The minimum absolute atomic E-state index is 0.257. The lowest BCUT2D eigenvalue weighted by Gasteiger charge is -2.12. The van der Waals surface area contributed by atoms with Crippen LogP contribution in [0.3, 0.4) is 0 Å². The summed E-state index contributed by atoms with van der Waals surface area (Å²) in [4.78, 5) is 28.3. The number of hydrogen-bond acceptors (Lipinski definition) is 2. The first kappa shape index (κ1) is 12.8. The molecule has 0 radical (unpaired) electrons. The lowest BCUT2D eigenvalue weighted by molar-refractivity contribution is -0.120. The van der Waals surface area contributed by atoms with Crippen LogP contribution in [-0.2, 0) is 9.36 Å². The van der Waals surface area contributed by atoms with E-state index in [4.69, 9.17) is 9.79 Å². The van der Waals surface area contributed by atoms with Crippen LogP contribution in [0.5, 0.6) is 0 Å². The van der Waals surface area contributed by atoms with Gasteiger partial charge in [0.05, 0.1) is 0 Å². The van der Waals surface area contributed by atoms with Gasteiger partial charge in [-0.05, 0) is 12.3 Å². The molecule has 0 spiro atoms. The van der Waals surface area contributed by atoms with Gasteiger partial charge >= 0.3 is 7.60 Å². The summed E-state index contributed by atoms with van der Waals surface area (Å²) in [6.07, 6.45) is 0.0553. The topological polar surface area (TPSA) is 74.6 Å². The summed E-state index contributed by atoms with van der Waals surface area (Å²) < 4.78 is 10.5. The molecule has 5 heteroatoms. The zero-order chi connectivity index (χ0) is 10.6. The summed E-state index contributed by atoms with van der Waals surface area (Å²) in [6.45, 7) is 5.65. The van der Waals surface area contributed by atoms with E-state index in [1.165, 1.54) is 0 Å². The second-order valence-corrected chi connectivity index (χ2v) is 5.47. The SMILES string of the molecule is CC(C)CC(C)C(=O)CP(=O)(O)O. The molecule has 0 saturated carbocycles. The van der Waals surface area contributed by atoms with Gasteiger partial charge in [0.15, 0.2) is 0 Å². The van der Waals surface area contributed by atoms with Crippen molar-refractivity contribution in [3.8, 4) is 0 Å². The fourth-order valence-electron chi connectivity index (χ4n) is 1.20. The molecule has 1 atom stereocenters. The fourth-order valence-corrected chi connectivity index (χ4v) is 1.92. The predicted octanol–water partition coefficient (Wildman–Crippen LogP) is 1.42. The maximum Gasteiger partial charge on any atom is 0.332 e. The summed E-state index contributed by atoms with van der Waals surface area (Å²) in [6, 6.07) is 0. The second-order valence-electron chi connectivity index (χ2n) is 3.82. The molecule has 4 nitrogen and oxygen atoms in total. The van der Waals surface area contributed by atoms with Gasteiger partial charge in [-0.1, -0.05) is 20.8 Å². The quantitative estimate of drug-likeness (QED) is 0.670. The molecule has 13 heavy (non-hydrogen) atoms. The van der Waals surface area contributed by atoms with Crippen LogP contribution in [0.1, 0.15) is 27.2 Å². The first-order valence-electron chi connectivity index (χ1n) is 4.29. The predicted molar refractivity (Wildman–Crippen MR) is 50.5 cm³/mol. The average molecular weight is 208 g/mol. The van der Waals surface area contributed by atoms with Crippen molar-refractivity contribution in [2.75, 3.05) is 6.16 Å². The molecule has 0 aromatic heterocycles. The first-order valence-corrected chi connectivity index (χ1v) is 6.09. The molecule has 0 fully saturated rings. The molecule has 0 aromatic carbocycles. The molecule has 0 amide bonds. The number of carbonyl (C=O) groups is 1.